The van der Waals surface area contributed by atoms with Gasteiger partial charge in [-0.2, -0.15) is 0 Å². The lowest BCUT2D eigenvalue weighted by molar-refractivity contribution is -0.143. The first-order chi connectivity index (χ1) is 16.3. The zero-order valence-corrected chi connectivity index (χ0v) is 20.9. The predicted molar refractivity (Wildman–Crippen MR) is 129 cm³/mol. The Bertz CT molecular complexity index is 1200. The number of halogens is 3. The van der Waals surface area contributed by atoms with Crippen LogP contribution in [0.15, 0.2) is 42.5 Å². The van der Waals surface area contributed by atoms with Gasteiger partial charge in [0.25, 0.3) is 17.7 Å². The van der Waals surface area contributed by atoms with Gasteiger partial charge in [0, 0.05) is 12.1 Å². The lowest BCUT2D eigenvalue weighted by atomic mass is 10.1. The molecule has 9 nitrogen and oxygen atoms in total. The van der Waals surface area contributed by atoms with Crippen molar-refractivity contribution in [2.75, 3.05) is 0 Å². The van der Waals surface area contributed by atoms with Crippen LogP contribution >= 0.6 is 34.8 Å². The predicted octanol–water partition coefficient (Wildman–Crippen LogP) is 3.51. The number of phenolic OH excluding ortho intramolecular Hbond substituents is 1. The number of hydrazine groups is 1. The van der Waals surface area contributed by atoms with Crippen molar-refractivity contribution in [1.29, 1.82) is 0 Å². The van der Waals surface area contributed by atoms with Crippen molar-refractivity contribution in [3.8, 4) is 5.75 Å². The van der Waals surface area contributed by atoms with Gasteiger partial charge in [-0.05, 0) is 56.2 Å². The average Bonchev–Trinajstić information content (AvgIpc) is 3.32. The molecule has 0 heterocycles. The van der Waals surface area contributed by atoms with Gasteiger partial charge < -0.3 is 15.5 Å². The van der Waals surface area contributed by atoms with Crippen LogP contribution in [0.5, 0.6) is 5.75 Å². The second-order valence-electron chi connectivity index (χ2n) is 8.40. The fourth-order valence-corrected chi connectivity index (χ4v) is 4.20. The molecular weight excluding hydrogens is 521 g/mol. The number of nitrogens with zero attached hydrogens (tertiary/aromatic N) is 1. The summed E-state index contributed by atoms with van der Waals surface area (Å²) >= 11 is 18.4. The van der Waals surface area contributed by atoms with Crippen LogP contribution in [0.1, 0.15) is 46.5 Å². The maximum atomic E-state index is 13.2. The highest BCUT2D eigenvalue weighted by Crippen LogP contribution is 2.64. The molecule has 0 aromatic heterocycles. The fourth-order valence-electron chi connectivity index (χ4n) is 3.24. The number of rotatable bonds is 8. The van der Waals surface area contributed by atoms with Crippen molar-refractivity contribution in [2.45, 2.75) is 37.2 Å². The summed E-state index contributed by atoms with van der Waals surface area (Å²) in [6.07, 6.45) is 0.0703. The van der Waals surface area contributed by atoms with Crippen LogP contribution < -0.4 is 10.7 Å². The van der Waals surface area contributed by atoms with E-state index in [9.17, 15) is 29.4 Å². The molecule has 4 N–H and O–H groups in total. The fraction of sp³-hybridized carbons (Fsp3) is 0.304. The number of phenols is 1. The molecule has 1 fully saturated rings. The van der Waals surface area contributed by atoms with Crippen LogP contribution in [0.2, 0.25) is 5.02 Å². The monoisotopic (exact) mass is 541 g/mol. The molecule has 1 aliphatic rings. The highest BCUT2D eigenvalue weighted by molar-refractivity contribution is 6.53. The van der Waals surface area contributed by atoms with E-state index in [4.69, 9.17) is 34.8 Å². The molecule has 0 spiro atoms. The molecule has 2 aromatic carbocycles. The van der Waals surface area contributed by atoms with Gasteiger partial charge in [0.15, 0.2) is 0 Å². The number of nitrogens with one attached hydrogen (secondary N) is 2. The number of carboxylic acids is 1. The van der Waals surface area contributed by atoms with E-state index in [0.717, 1.165) is 0 Å². The topological polar surface area (TPSA) is 136 Å². The number of carbonyl (C=O) groups is 4. The summed E-state index contributed by atoms with van der Waals surface area (Å²) in [5.41, 5.74) is 1.73. The minimum Gasteiger partial charge on any atom is -0.508 e. The van der Waals surface area contributed by atoms with Gasteiger partial charge in [0.05, 0.1) is 16.0 Å². The third-order valence-electron chi connectivity index (χ3n) is 5.65. The molecule has 2 atom stereocenters. The Morgan fingerprint density at radius 3 is 2.34 bits per heavy atom. The summed E-state index contributed by atoms with van der Waals surface area (Å²) in [7, 11) is 0. The Kier molecular flexibility index (Phi) is 7.66. The minimum absolute atomic E-state index is 0.0632. The van der Waals surface area contributed by atoms with E-state index in [0.29, 0.717) is 10.6 Å². The van der Waals surface area contributed by atoms with Crippen molar-refractivity contribution >= 4 is 58.5 Å². The largest absolute Gasteiger partial charge is 0.508 e. The number of imide groups is 1. The van der Waals surface area contributed by atoms with Crippen molar-refractivity contribution in [2.24, 2.45) is 5.41 Å². The number of aliphatic carboxylic acids is 1. The number of alkyl halides is 2. The Labute approximate surface area is 215 Å². The Balaban J connectivity index is 1.80. The van der Waals surface area contributed by atoms with Crippen molar-refractivity contribution in [3.63, 3.8) is 0 Å². The van der Waals surface area contributed by atoms with Gasteiger partial charge in [-0.15, -0.1) is 23.2 Å². The van der Waals surface area contributed by atoms with Crippen LogP contribution in [0.4, 0.5) is 0 Å². The summed E-state index contributed by atoms with van der Waals surface area (Å²) in [5.74, 6) is -3.47. The number of aromatic hydroxyl groups is 1. The van der Waals surface area contributed by atoms with Gasteiger partial charge in [0.1, 0.15) is 16.1 Å². The number of carbonyl (C=O) groups excluding carboxylic acids is 3. The first-order valence-corrected chi connectivity index (χ1v) is 11.5. The van der Waals surface area contributed by atoms with Crippen LogP contribution in [-0.2, 0) is 16.1 Å². The van der Waals surface area contributed by atoms with Gasteiger partial charge in [-0.1, -0.05) is 23.7 Å². The molecule has 35 heavy (non-hydrogen) atoms. The van der Waals surface area contributed by atoms with Gasteiger partial charge in [-0.3, -0.25) is 19.2 Å². The maximum Gasteiger partial charge on any atom is 0.322 e. The van der Waals surface area contributed by atoms with E-state index in [-0.39, 0.29) is 34.9 Å². The van der Waals surface area contributed by atoms with E-state index in [1.54, 1.807) is 12.1 Å². The van der Waals surface area contributed by atoms with E-state index in [1.807, 2.05) is 0 Å². The number of benzene rings is 2. The molecule has 0 radical (unpaired) electrons. The smallest absolute Gasteiger partial charge is 0.322 e. The van der Waals surface area contributed by atoms with Gasteiger partial charge in [-0.25, -0.2) is 10.4 Å². The summed E-state index contributed by atoms with van der Waals surface area (Å²) in [6.45, 7) is 2.85. The lowest BCUT2D eigenvalue weighted by Gasteiger charge is -2.27. The zero-order valence-electron chi connectivity index (χ0n) is 18.6. The van der Waals surface area contributed by atoms with E-state index >= 15 is 0 Å². The Morgan fingerprint density at radius 1 is 1.14 bits per heavy atom. The molecule has 1 aliphatic carbocycles. The van der Waals surface area contributed by atoms with E-state index in [2.05, 4.69) is 10.7 Å². The third kappa shape index (κ3) is 5.70. The molecule has 2 aromatic rings. The first kappa shape index (κ1) is 26.7. The Morgan fingerprint density at radius 2 is 1.80 bits per heavy atom. The minimum atomic E-state index is -1.40. The van der Waals surface area contributed by atoms with Gasteiger partial charge >= 0.3 is 5.97 Å². The number of carboxylic acid groups (broad SMARTS) is 1. The first-order valence-electron chi connectivity index (χ1n) is 10.4. The second-order valence-corrected chi connectivity index (χ2v) is 10.3. The standard InChI is InChI=1S/C23H22Cl3N3O6/c1-12(20(33)34)28-29(21(35)22(2)11-23(22,25)26)19(32)16-7-6-14(9-17(16)24)18(31)27-10-13-4-3-5-15(30)8-13/h3-9,12,28,30H,10-11H2,1-2H3,(H,27,31)(H,33,34)/t12-,22?/m0/s1. The molecule has 0 bridgehead atoms. The van der Waals surface area contributed by atoms with E-state index < -0.39 is 39.5 Å². The molecule has 1 unspecified atom stereocenters. The molecule has 0 aliphatic heterocycles. The molecule has 1 saturated carbocycles. The van der Waals surface area contributed by atoms with E-state index in [1.165, 1.54) is 44.2 Å². The van der Waals surface area contributed by atoms with Crippen molar-refractivity contribution in [1.82, 2.24) is 15.8 Å². The molecule has 12 heteroatoms. The van der Waals surface area contributed by atoms with Crippen LogP contribution in [0, 0.1) is 5.41 Å². The summed E-state index contributed by atoms with van der Waals surface area (Å²) in [6, 6.07) is 8.92. The maximum absolute atomic E-state index is 13.2. The molecular formula is C23H22Cl3N3O6. The van der Waals surface area contributed by atoms with Crippen molar-refractivity contribution in [3.05, 3.63) is 64.2 Å². The highest BCUT2D eigenvalue weighted by atomic mass is 35.5. The molecule has 186 valence electrons. The lowest BCUT2D eigenvalue weighted by Crippen LogP contribution is -2.55. The SMILES string of the molecule is C[C@H](NN(C(=O)c1ccc(C(=O)NCc2cccc(O)c2)cc1Cl)C(=O)C1(C)CC1(Cl)Cl)C(=O)O. The highest BCUT2D eigenvalue weighted by Gasteiger charge is 2.69. The summed E-state index contributed by atoms with van der Waals surface area (Å²) < 4.78 is -1.40. The molecule has 3 amide bonds. The second kappa shape index (κ2) is 10.0. The van der Waals surface area contributed by atoms with Crippen molar-refractivity contribution < 1.29 is 29.4 Å². The van der Waals surface area contributed by atoms with Crippen LogP contribution in [0.3, 0.4) is 0 Å². The summed E-state index contributed by atoms with van der Waals surface area (Å²) in [4.78, 5) is 50.2. The van der Waals surface area contributed by atoms with Crippen LogP contribution in [-0.4, -0.2) is 49.3 Å². The Hall–Kier alpha value is -2.85. The quantitative estimate of drug-likeness (QED) is 0.228. The molecule has 3 rings (SSSR count). The third-order valence-corrected chi connectivity index (χ3v) is 7.07. The van der Waals surface area contributed by atoms with Crippen LogP contribution in [0.25, 0.3) is 0 Å². The average molecular weight is 543 g/mol. The molecule has 0 saturated heterocycles. The van der Waals surface area contributed by atoms with Gasteiger partial charge in [0.2, 0.25) is 0 Å². The number of hydrogen-bond donors (Lipinski definition) is 4. The normalized spacial score (nSPS) is 18.9. The number of hydrogen-bond acceptors (Lipinski definition) is 6. The summed E-state index contributed by atoms with van der Waals surface area (Å²) in [5, 5.41) is 21.8. The zero-order chi connectivity index (χ0) is 26.1. The number of amides is 3.